The third-order valence-corrected chi connectivity index (χ3v) is 3.18. The van der Waals surface area contributed by atoms with Crippen LogP contribution in [0.15, 0.2) is 24.3 Å². The molecule has 1 rings (SSSR count). The van der Waals surface area contributed by atoms with Gasteiger partial charge in [0.2, 0.25) is 0 Å². The van der Waals surface area contributed by atoms with Crippen molar-refractivity contribution in [3.05, 3.63) is 35.7 Å². The van der Waals surface area contributed by atoms with Crippen molar-refractivity contribution in [2.75, 3.05) is 11.1 Å². The molecule has 0 aliphatic rings. The zero-order chi connectivity index (χ0) is 16.9. The van der Waals surface area contributed by atoms with Gasteiger partial charge in [0.1, 0.15) is 5.82 Å². The second-order valence-electron chi connectivity index (χ2n) is 4.21. The van der Waals surface area contributed by atoms with Crippen molar-refractivity contribution >= 4 is 34.1 Å². The van der Waals surface area contributed by atoms with Crippen molar-refractivity contribution in [2.24, 2.45) is 5.73 Å². The zero-order valence-corrected chi connectivity index (χ0v) is 12.2. The summed E-state index contributed by atoms with van der Waals surface area (Å²) in [6, 6.07) is 3.13. The van der Waals surface area contributed by atoms with Crippen LogP contribution in [0.5, 0.6) is 0 Å². The largest absolute Gasteiger partial charge is 0.471 e. The molecule has 0 fully saturated rings. The molecule has 0 radical (unpaired) electrons. The van der Waals surface area contributed by atoms with E-state index in [0.29, 0.717) is 11.3 Å². The van der Waals surface area contributed by atoms with E-state index in [1.165, 1.54) is 0 Å². The van der Waals surface area contributed by atoms with Crippen LogP contribution >= 0.6 is 11.8 Å². The Balaban J connectivity index is 2.95. The number of rotatable bonds is 4. The van der Waals surface area contributed by atoms with E-state index in [9.17, 15) is 22.4 Å². The summed E-state index contributed by atoms with van der Waals surface area (Å²) in [6.07, 6.45) is -3.43. The van der Waals surface area contributed by atoms with E-state index in [1.54, 1.807) is 18.3 Å². The fourth-order valence-electron chi connectivity index (χ4n) is 1.47. The van der Waals surface area contributed by atoms with E-state index in [0.717, 1.165) is 30.0 Å². The van der Waals surface area contributed by atoms with Gasteiger partial charge in [0.05, 0.1) is 0 Å². The summed E-state index contributed by atoms with van der Waals surface area (Å²) in [7, 11) is 0. The van der Waals surface area contributed by atoms with Crippen LogP contribution < -0.4 is 11.1 Å². The number of amidine groups is 1. The normalized spacial score (nSPS) is 12.1. The first-order chi connectivity index (χ1) is 10.1. The van der Waals surface area contributed by atoms with Crippen LogP contribution in [0.3, 0.4) is 0 Å². The van der Waals surface area contributed by atoms with Gasteiger partial charge in [-0.25, -0.2) is 4.39 Å². The highest BCUT2D eigenvalue weighted by Gasteiger charge is 2.38. The third kappa shape index (κ3) is 5.40. The summed E-state index contributed by atoms with van der Waals surface area (Å²) >= 11 is 1.02. The number of benzene rings is 1. The van der Waals surface area contributed by atoms with Crippen LogP contribution in [0.25, 0.3) is 5.57 Å². The zero-order valence-electron chi connectivity index (χ0n) is 11.4. The van der Waals surface area contributed by atoms with Crippen molar-refractivity contribution in [1.29, 1.82) is 5.41 Å². The van der Waals surface area contributed by atoms with Crippen molar-refractivity contribution in [3.63, 3.8) is 0 Å². The van der Waals surface area contributed by atoms with Gasteiger partial charge in [-0.2, -0.15) is 13.2 Å². The van der Waals surface area contributed by atoms with Gasteiger partial charge in [0, 0.05) is 17.0 Å². The average molecular weight is 335 g/mol. The maximum absolute atomic E-state index is 13.7. The number of thioether (sulfide) groups is 1. The van der Waals surface area contributed by atoms with Gasteiger partial charge in [-0.05, 0) is 30.7 Å². The Bertz CT molecular complexity index is 614. The van der Waals surface area contributed by atoms with Crippen LogP contribution in [-0.4, -0.2) is 23.0 Å². The number of alkyl halides is 3. The average Bonchev–Trinajstić information content (AvgIpc) is 2.39. The third-order valence-electron chi connectivity index (χ3n) is 2.53. The molecule has 0 aliphatic carbocycles. The Morgan fingerprint density at radius 3 is 2.64 bits per heavy atom. The van der Waals surface area contributed by atoms with E-state index in [4.69, 9.17) is 11.1 Å². The Morgan fingerprint density at radius 2 is 2.09 bits per heavy atom. The summed E-state index contributed by atoms with van der Waals surface area (Å²) in [5, 5.41) is 8.60. The standard InChI is InChI=1S/C13H13F4N3OS/c1-7(4-5-22-12(18)19)9-6-8(2-3-10(9)14)20-11(21)13(15,16)17/h2-4,6H,5H2,1H3,(H3,18,19)(H,20,21)/b7-4+. The van der Waals surface area contributed by atoms with Crippen LogP contribution in [0.4, 0.5) is 23.2 Å². The molecule has 1 aromatic carbocycles. The van der Waals surface area contributed by atoms with E-state index in [1.807, 2.05) is 0 Å². The highest BCUT2D eigenvalue weighted by atomic mass is 32.2. The smallest absolute Gasteiger partial charge is 0.379 e. The monoisotopic (exact) mass is 335 g/mol. The summed E-state index contributed by atoms with van der Waals surface area (Å²) in [5.41, 5.74) is 5.51. The lowest BCUT2D eigenvalue weighted by Gasteiger charge is -2.10. The van der Waals surface area contributed by atoms with Crippen LogP contribution in [0, 0.1) is 11.2 Å². The van der Waals surface area contributed by atoms with Gasteiger partial charge >= 0.3 is 12.1 Å². The van der Waals surface area contributed by atoms with Crippen molar-refractivity contribution in [2.45, 2.75) is 13.1 Å². The number of hydrogen-bond acceptors (Lipinski definition) is 3. The van der Waals surface area contributed by atoms with Crippen LogP contribution in [0.2, 0.25) is 0 Å². The molecule has 0 atom stereocenters. The number of allylic oxidation sites excluding steroid dienone is 1. The summed E-state index contributed by atoms with van der Waals surface area (Å²) in [4.78, 5) is 10.9. The van der Waals surface area contributed by atoms with Gasteiger partial charge in [-0.1, -0.05) is 17.8 Å². The number of carbonyl (C=O) groups excluding carboxylic acids is 1. The summed E-state index contributed by atoms with van der Waals surface area (Å²) < 4.78 is 50.3. The molecule has 0 spiro atoms. The topological polar surface area (TPSA) is 79.0 Å². The molecule has 9 heteroatoms. The van der Waals surface area contributed by atoms with E-state index >= 15 is 0 Å². The fraction of sp³-hybridized carbons (Fsp3) is 0.231. The molecule has 1 amide bonds. The van der Waals surface area contributed by atoms with E-state index in [2.05, 4.69) is 0 Å². The number of amides is 1. The predicted octanol–water partition coefficient (Wildman–Crippen LogP) is 3.36. The minimum absolute atomic E-state index is 0.0594. The quantitative estimate of drug-likeness (QED) is 0.448. The Kier molecular flexibility index (Phi) is 5.98. The number of hydrogen-bond donors (Lipinski definition) is 3. The number of carbonyl (C=O) groups is 1. The molecular formula is C13H13F4N3OS. The Hall–Kier alpha value is -2.03. The molecule has 0 saturated carbocycles. The molecule has 120 valence electrons. The molecule has 4 N–H and O–H groups in total. The molecule has 1 aromatic rings. The minimum Gasteiger partial charge on any atom is -0.379 e. The molecule has 0 aliphatic heterocycles. The number of nitrogens with one attached hydrogen (secondary N) is 2. The first-order valence-corrected chi connectivity index (χ1v) is 6.91. The molecule has 4 nitrogen and oxygen atoms in total. The maximum atomic E-state index is 13.7. The van der Waals surface area contributed by atoms with E-state index in [-0.39, 0.29) is 16.4 Å². The molecule has 0 heterocycles. The molecule has 22 heavy (non-hydrogen) atoms. The maximum Gasteiger partial charge on any atom is 0.471 e. The molecule has 0 aromatic heterocycles. The molecule has 0 saturated heterocycles. The lowest BCUT2D eigenvalue weighted by molar-refractivity contribution is -0.167. The second-order valence-corrected chi connectivity index (χ2v) is 5.27. The van der Waals surface area contributed by atoms with E-state index < -0.39 is 17.9 Å². The van der Waals surface area contributed by atoms with Crippen molar-refractivity contribution in [3.8, 4) is 0 Å². The van der Waals surface area contributed by atoms with Gasteiger partial charge in [0.25, 0.3) is 0 Å². The van der Waals surface area contributed by atoms with Gasteiger partial charge in [0.15, 0.2) is 5.17 Å². The molecule has 0 bridgehead atoms. The first-order valence-electron chi connectivity index (χ1n) is 5.93. The molecular weight excluding hydrogens is 322 g/mol. The highest BCUT2D eigenvalue weighted by molar-refractivity contribution is 8.13. The van der Waals surface area contributed by atoms with Gasteiger partial charge in [-0.15, -0.1) is 0 Å². The Labute approximate surface area is 128 Å². The fourth-order valence-corrected chi connectivity index (χ4v) is 1.99. The van der Waals surface area contributed by atoms with Gasteiger partial charge < -0.3 is 11.1 Å². The van der Waals surface area contributed by atoms with Gasteiger partial charge in [-0.3, -0.25) is 10.2 Å². The lowest BCUT2D eigenvalue weighted by atomic mass is 10.1. The first kappa shape index (κ1) is 18.0. The number of halogens is 4. The SMILES string of the molecule is C/C(=C\CSC(=N)N)c1cc(NC(=O)C(F)(F)F)ccc1F. The lowest BCUT2D eigenvalue weighted by Crippen LogP contribution is -2.29. The summed E-state index contributed by atoms with van der Waals surface area (Å²) in [5.74, 6) is -2.44. The number of anilines is 1. The van der Waals surface area contributed by atoms with Crippen molar-refractivity contribution < 1.29 is 22.4 Å². The molecule has 0 unspecified atom stereocenters. The van der Waals surface area contributed by atoms with Crippen LogP contribution in [-0.2, 0) is 4.79 Å². The second kappa shape index (κ2) is 7.30. The Morgan fingerprint density at radius 1 is 1.45 bits per heavy atom. The highest BCUT2D eigenvalue weighted by Crippen LogP contribution is 2.24. The minimum atomic E-state index is -5.02. The summed E-state index contributed by atoms with van der Waals surface area (Å²) in [6.45, 7) is 1.56. The predicted molar refractivity (Wildman–Crippen MR) is 79.1 cm³/mol. The van der Waals surface area contributed by atoms with Crippen molar-refractivity contribution in [1.82, 2.24) is 0 Å². The number of nitrogens with two attached hydrogens (primary N) is 1. The van der Waals surface area contributed by atoms with Crippen LogP contribution in [0.1, 0.15) is 12.5 Å².